The first-order chi connectivity index (χ1) is 12.1. The van der Waals surface area contributed by atoms with Crippen molar-refractivity contribution in [1.82, 2.24) is 20.5 Å². The molecular weight excluding hydrogens is 324 g/mol. The minimum Gasteiger partial charge on any atom is -0.497 e. The van der Waals surface area contributed by atoms with Gasteiger partial charge in [0.2, 0.25) is 5.91 Å². The number of rotatable bonds is 9. The Labute approximate surface area is 145 Å². The highest BCUT2D eigenvalue weighted by atomic mass is 16.5. The molecule has 1 aromatic heterocycles. The van der Waals surface area contributed by atoms with Crippen LogP contribution in [0.3, 0.4) is 0 Å². The molecule has 134 valence electrons. The zero-order valence-corrected chi connectivity index (χ0v) is 14.4. The van der Waals surface area contributed by atoms with E-state index in [1.165, 1.54) is 0 Å². The molecule has 2 N–H and O–H groups in total. The van der Waals surface area contributed by atoms with Gasteiger partial charge in [-0.25, -0.2) is 0 Å². The summed E-state index contributed by atoms with van der Waals surface area (Å²) in [6.45, 7) is 0.891. The van der Waals surface area contributed by atoms with Crippen molar-refractivity contribution in [2.45, 2.75) is 19.3 Å². The highest BCUT2D eigenvalue weighted by Crippen LogP contribution is 2.14. The summed E-state index contributed by atoms with van der Waals surface area (Å²) in [5.74, 6) is 1.05. The van der Waals surface area contributed by atoms with Crippen LogP contribution >= 0.6 is 0 Å². The number of carbonyl (C=O) groups excluding carboxylic acids is 1. The topological polar surface area (TPSA) is 106 Å². The van der Waals surface area contributed by atoms with E-state index in [-0.39, 0.29) is 30.0 Å². The molecule has 0 radical (unpaired) electrons. The van der Waals surface area contributed by atoms with Gasteiger partial charge < -0.3 is 19.8 Å². The SMILES string of the molecule is COCCNC(=O)CCc1nnc(Cc2cccc(OC)c2)[nH]c1=O. The summed E-state index contributed by atoms with van der Waals surface area (Å²) >= 11 is 0. The van der Waals surface area contributed by atoms with Crippen LogP contribution in [0.1, 0.15) is 23.5 Å². The van der Waals surface area contributed by atoms with E-state index in [4.69, 9.17) is 9.47 Å². The molecule has 0 spiro atoms. The number of methoxy groups -OCH3 is 2. The predicted octanol–water partition coefficient (Wildman–Crippen LogP) is 0.460. The van der Waals surface area contributed by atoms with Crippen molar-refractivity contribution >= 4 is 5.91 Å². The molecule has 1 amide bonds. The van der Waals surface area contributed by atoms with Crippen LogP contribution in [0, 0.1) is 0 Å². The highest BCUT2D eigenvalue weighted by Gasteiger charge is 2.09. The van der Waals surface area contributed by atoms with E-state index in [1.54, 1.807) is 14.2 Å². The number of carbonyl (C=O) groups is 1. The second kappa shape index (κ2) is 9.53. The summed E-state index contributed by atoms with van der Waals surface area (Å²) in [6.07, 6.45) is 0.856. The number of hydrogen-bond donors (Lipinski definition) is 2. The Morgan fingerprint density at radius 3 is 2.84 bits per heavy atom. The molecule has 2 rings (SSSR count). The predicted molar refractivity (Wildman–Crippen MR) is 91.7 cm³/mol. The Morgan fingerprint density at radius 1 is 1.28 bits per heavy atom. The van der Waals surface area contributed by atoms with E-state index in [9.17, 15) is 9.59 Å². The van der Waals surface area contributed by atoms with Gasteiger partial charge in [0, 0.05) is 32.9 Å². The van der Waals surface area contributed by atoms with Crippen molar-refractivity contribution < 1.29 is 14.3 Å². The second-order valence-electron chi connectivity index (χ2n) is 5.42. The van der Waals surface area contributed by atoms with Gasteiger partial charge in [0.05, 0.1) is 13.7 Å². The van der Waals surface area contributed by atoms with Crippen LogP contribution < -0.4 is 15.6 Å². The molecule has 1 heterocycles. The summed E-state index contributed by atoms with van der Waals surface area (Å²) < 4.78 is 10.0. The Bertz CT molecular complexity index is 760. The van der Waals surface area contributed by atoms with Crippen molar-refractivity contribution in [2.24, 2.45) is 0 Å². The minimum absolute atomic E-state index is 0.154. The van der Waals surface area contributed by atoms with Gasteiger partial charge in [-0.2, -0.15) is 0 Å². The van der Waals surface area contributed by atoms with E-state index >= 15 is 0 Å². The third kappa shape index (κ3) is 6.00. The summed E-state index contributed by atoms with van der Waals surface area (Å²) in [5, 5.41) is 10.7. The van der Waals surface area contributed by atoms with Gasteiger partial charge in [0.15, 0.2) is 0 Å². The van der Waals surface area contributed by atoms with Gasteiger partial charge in [-0.3, -0.25) is 9.59 Å². The first-order valence-corrected chi connectivity index (χ1v) is 7.95. The molecule has 25 heavy (non-hydrogen) atoms. The number of aromatic nitrogens is 3. The normalized spacial score (nSPS) is 10.5. The van der Waals surface area contributed by atoms with E-state index in [2.05, 4.69) is 20.5 Å². The maximum atomic E-state index is 12.1. The van der Waals surface area contributed by atoms with E-state index < -0.39 is 0 Å². The minimum atomic E-state index is -0.322. The number of H-pyrrole nitrogens is 1. The number of aryl methyl sites for hydroxylation is 1. The maximum Gasteiger partial charge on any atom is 0.272 e. The Kier molecular flexibility index (Phi) is 7.09. The number of amides is 1. The fourth-order valence-corrected chi connectivity index (χ4v) is 2.23. The van der Waals surface area contributed by atoms with Gasteiger partial charge >= 0.3 is 0 Å². The molecule has 0 unspecified atom stereocenters. The molecule has 0 saturated carbocycles. The lowest BCUT2D eigenvalue weighted by atomic mass is 10.1. The molecule has 8 nitrogen and oxygen atoms in total. The molecule has 0 aliphatic carbocycles. The van der Waals surface area contributed by atoms with Crippen LogP contribution in [0.25, 0.3) is 0 Å². The van der Waals surface area contributed by atoms with E-state index in [0.717, 1.165) is 11.3 Å². The van der Waals surface area contributed by atoms with Crippen LogP contribution in [0.2, 0.25) is 0 Å². The molecule has 0 aliphatic rings. The smallest absolute Gasteiger partial charge is 0.272 e. The zero-order valence-electron chi connectivity index (χ0n) is 14.4. The third-order valence-electron chi connectivity index (χ3n) is 3.53. The Balaban J connectivity index is 1.93. The number of nitrogens with one attached hydrogen (secondary N) is 2. The molecule has 0 atom stereocenters. The van der Waals surface area contributed by atoms with Gasteiger partial charge in [0.1, 0.15) is 17.3 Å². The highest BCUT2D eigenvalue weighted by molar-refractivity contribution is 5.76. The summed E-state index contributed by atoms with van der Waals surface area (Å²) in [7, 11) is 3.16. The van der Waals surface area contributed by atoms with Crippen LogP contribution in [-0.2, 0) is 22.4 Å². The van der Waals surface area contributed by atoms with Crippen molar-refractivity contribution in [3.63, 3.8) is 0 Å². The van der Waals surface area contributed by atoms with Crippen LogP contribution in [-0.4, -0.2) is 48.5 Å². The van der Waals surface area contributed by atoms with Crippen molar-refractivity contribution in [1.29, 1.82) is 0 Å². The third-order valence-corrected chi connectivity index (χ3v) is 3.53. The number of nitrogens with zero attached hydrogens (tertiary/aromatic N) is 2. The van der Waals surface area contributed by atoms with Gasteiger partial charge in [0.25, 0.3) is 5.56 Å². The quantitative estimate of drug-likeness (QED) is 0.639. The van der Waals surface area contributed by atoms with Crippen molar-refractivity contribution in [3.8, 4) is 5.75 Å². The van der Waals surface area contributed by atoms with Crippen LogP contribution in [0.4, 0.5) is 0 Å². The molecule has 0 saturated heterocycles. The molecule has 1 aromatic carbocycles. The largest absolute Gasteiger partial charge is 0.497 e. The van der Waals surface area contributed by atoms with Crippen LogP contribution in [0.15, 0.2) is 29.1 Å². The average molecular weight is 346 g/mol. The molecule has 2 aromatic rings. The summed E-state index contributed by atoms with van der Waals surface area (Å²) in [4.78, 5) is 26.4. The lowest BCUT2D eigenvalue weighted by Crippen LogP contribution is -2.28. The average Bonchev–Trinajstić information content (AvgIpc) is 2.61. The number of ether oxygens (including phenoxy) is 2. The van der Waals surface area contributed by atoms with Gasteiger partial charge in [-0.15, -0.1) is 10.2 Å². The summed E-state index contributed by atoms with van der Waals surface area (Å²) in [6, 6.07) is 7.51. The van der Waals surface area contributed by atoms with Crippen LogP contribution in [0.5, 0.6) is 5.75 Å². The summed E-state index contributed by atoms with van der Waals surface area (Å²) in [5.41, 5.74) is 0.878. The van der Waals surface area contributed by atoms with E-state index in [0.29, 0.717) is 25.4 Å². The lowest BCUT2D eigenvalue weighted by Gasteiger charge is -2.05. The molecular formula is C17H22N4O4. The maximum absolute atomic E-state index is 12.1. The first kappa shape index (κ1) is 18.6. The fourth-order valence-electron chi connectivity index (χ4n) is 2.23. The molecule has 0 aliphatic heterocycles. The Hall–Kier alpha value is -2.74. The molecule has 0 bridgehead atoms. The number of benzene rings is 1. The van der Waals surface area contributed by atoms with Gasteiger partial charge in [-0.05, 0) is 17.7 Å². The van der Waals surface area contributed by atoms with E-state index in [1.807, 2.05) is 24.3 Å². The lowest BCUT2D eigenvalue weighted by molar-refractivity contribution is -0.121. The second-order valence-corrected chi connectivity index (χ2v) is 5.42. The van der Waals surface area contributed by atoms with Crippen molar-refractivity contribution in [2.75, 3.05) is 27.4 Å². The van der Waals surface area contributed by atoms with Gasteiger partial charge in [-0.1, -0.05) is 12.1 Å². The van der Waals surface area contributed by atoms with Crippen molar-refractivity contribution in [3.05, 3.63) is 51.7 Å². The zero-order chi connectivity index (χ0) is 18.1. The number of hydrogen-bond acceptors (Lipinski definition) is 6. The molecule has 8 heteroatoms. The first-order valence-electron chi connectivity index (χ1n) is 7.95. The Morgan fingerprint density at radius 2 is 2.12 bits per heavy atom. The number of aromatic amines is 1. The fraction of sp³-hybridized carbons (Fsp3) is 0.412. The molecule has 0 fully saturated rings. The monoisotopic (exact) mass is 346 g/mol. The standard InChI is InChI=1S/C17H22N4O4/c1-24-9-8-18-16(22)7-6-14-17(23)19-15(21-20-14)11-12-4-3-5-13(10-12)25-2/h3-5,10H,6-9,11H2,1-2H3,(H,18,22)(H,19,21,23).